The number of nitrogens with zero attached hydrogens (tertiary/aromatic N) is 3. The third-order valence-corrected chi connectivity index (χ3v) is 6.39. The molecule has 4 nitrogen and oxygen atoms in total. The molecule has 0 amide bonds. The molecule has 5 rings (SSSR count). The van der Waals surface area contributed by atoms with Crippen LogP contribution in [0.4, 0.5) is 5.82 Å². The average Bonchev–Trinajstić information content (AvgIpc) is 3.40. The van der Waals surface area contributed by atoms with Crippen LogP contribution in [0.1, 0.15) is 62.2 Å². The Kier molecular flexibility index (Phi) is 3.92. The first-order valence-corrected chi connectivity index (χ1v) is 10.0. The van der Waals surface area contributed by atoms with Crippen molar-refractivity contribution in [3.8, 4) is 0 Å². The summed E-state index contributed by atoms with van der Waals surface area (Å²) >= 11 is 0. The van der Waals surface area contributed by atoms with Crippen molar-refractivity contribution in [2.45, 2.75) is 57.5 Å². The summed E-state index contributed by atoms with van der Waals surface area (Å²) in [6, 6.07) is 12.0. The molecular weight excluding hydrogens is 320 g/mol. The van der Waals surface area contributed by atoms with Gasteiger partial charge < -0.3 is 9.88 Å². The van der Waals surface area contributed by atoms with Gasteiger partial charge in [-0.2, -0.15) is 0 Å². The van der Waals surface area contributed by atoms with E-state index in [1.54, 1.807) is 6.33 Å². The molecule has 2 aliphatic carbocycles. The normalized spacial score (nSPS) is 22.8. The topological polar surface area (TPSA) is 42.7 Å². The lowest BCUT2D eigenvalue weighted by molar-refractivity contribution is 0.475. The maximum absolute atomic E-state index is 4.62. The predicted octanol–water partition coefficient (Wildman–Crippen LogP) is 5.28. The second-order valence-corrected chi connectivity index (χ2v) is 7.81. The molecule has 2 heterocycles. The molecule has 1 saturated carbocycles. The second-order valence-electron chi connectivity index (χ2n) is 7.81. The molecule has 4 heteroatoms. The lowest BCUT2D eigenvalue weighted by Gasteiger charge is -2.22. The van der Waals surface area contributed by atoms with Crippen LogP contribution in [-0.2, 0) is 6.42 Å². The summed E-state index contributed by atoms with van der Waals surface area (Å²) in [6.07, 6.45) is 11.5. The van der Waals surface area contributed by atoms with Gasteiger partial charge in [0.1, 0.15) is 17.8 Å². The highest BCUT2D eigenvalue weighted by Crippen LogP contribution is 2.41. The van der Waals surface area contributed by atoms with Gasteiger partial charge in [-0.05, 0) is 42.4 Å². The Morgan fingerprint density at radius 1 is 1.12 bits per heavy atom. The van der Waals surface area contributed by atoms with Gasteiger partial charge in [-0.15, -0.1) is 0 Å². The van der Waals surface area contributed by atoms with Crippen LogP contribution in [0.5, 0.6) is 0 Å². The van der Waals surface area contributed by atoms with Crippen molar-refractivity contribution >= 4 is 16.9 Å². The van der Waals surface area contributed by atoms with Crippen molar-refractivity contribution in [3.05, 3.63) is 54.0 Å². The summed E-state index contributed by atoms with van der Waals surface area (Å²) in [7, 11) is 0. The zero-order valence-corrected chi connectivity index (χ0v) is 15.4. The minimum Gasteiger partial charge on any atom is -0.362 e. The fraction of sp³-hybridized carbons (Fsp3) is 0.455. The molecule has 0 radical (unpaired) electrons. The van der Waals surface area contributed by atoms with E-state index in [1.165, 1.54) is 43.2 Å². The van der Waals surface area contributed by atoms with Gasteiger partial charge in [0.2, 0.25) is 0 Å². The Hall–Kier alpha value is -2.36. The van der Waals surface area contributed by atoms with Crippen LogP contribution in [-0.4, -0.2) is 14.5 Å². The van der Waals surface area contributed by atoms with E-state index in [0.717, 1.165) is 23.3 Å². The summed E-state index contributed by atoms with van der Waals surface area (Å²) in [5, 5.41) is 4.93. The molecule has 1 fully saturated rings. The van der Waals surface area contributed by atoms with Gasteiger partial charge in [0.25, 0.3) is 0 Å². The van der Waals surface area contributed by atoms with Crippen molar-refractivity contribution in [1.82, 2.24) is 14.5 Å². The maximum Gasteiger partial charge on any atom is 0.145 e. The Bertz CT molecular complexity index is 923. The number of hydrogen-bond acceptors (Lipinski definition) is 3. The molecule has 0 saturated heterocycles. The summed E-state index contributed by atoms with van der Waals surface area (Å²) in [4.78, 5) is 9.23. The zero-order valence-electron chi connectivity index (χ0n) is 15.4. The maximum atomic E-state index is 4.62. The van der Waals surface area contributed by atoms with Crippen molar-refractivity contribution in [2.24, 2.45) is 5.92 Å². The van der Waals surface area contributed by atoms with E-state index in [0.29, 0.717) is 18.0 Å². The van der Waals surface area contributed by atoms with Gasteiger partial charge in [-0.3, -0.25) is 0 Å². The van der Waals surface area contributed by atoms with Gasteiger partial charge in [-0.25, -0.2) is 9.97 Å². The Morgan fingerprint density at radius 3 is 2.81 bits per heavy atom. The Balaban J connectivity index is 1.51. The number of hydrogen-bond donors (Lipinski definition) is 1. The van der Waals surface area contributed by atoms with E-state index < -0.39 is 0 Å². The summed E-state index contributed by atoms with van der Waals surface area (Å²) < 4.78 is 2.37. The molecule has 2 atom stereocenters. The SMILES string of the molecule is CC[C@H]1Cc2ccccc2[C@H]1Nc1ncnc2c1ccn2C1CCCC1. The lowest BCUT2D eigenvalue weighted by atomic mass is 9.98. The van der Waals surface area contributed by atoms with Crippen molar-refractivity contribution < 1.29 is 0 Å². The Labute approximate surface area is 154 Å². The molecule has 1 aromatic carbocycles. The number of benzene rings is 1. The van der Waals surface area contributed by atoms with Crippen molar-refractivity contribution in [2.75, 3.05) is 5.32 Å². The minimum atomic E-state index is 0.337. The lowest BCUT2D eigenvalue weighted by Crippen LogP contribution is -2.17. The van der Waals surface area contributed by atoms with E-state index in [-0.39, 0.29) is 0 Å². The first-order valence-electron chi connectivity index (χ1n) is 10.0. The number of fused-ring (bicyclic) bond motifs is 2. The van der Waals surface area contributed by atoms with Crippen LogP contribution >= 0.6 is 0 Å². The van der Waals surface area contributed by atoms with Gasteiger partial charge in [-0.1, -0.05) is 50.5 Å². The van der Waals surface area contributed by atoms with Crippen LogP contribution in [0, 0.1) is 5.92 Å². The second kappa shape index (κ2) is 6.42. The van der Waals surface area contributed by atoms with E-state index in [9.17, 15) is 0 Å². The number of anilines is 1. The molecule has 3 aromatic rings. The molecule has 134 valence electrons. The highest BCUT2D eigenvalue weighted by molar-refractivity contribution is 5.87. The molecule has 0 bridgehead atoms. The largest absolute Gasteiger partial charge is 0.362 e. The van der Waals surface area contributed by atoms with E-state index in [2.05, 4.69) is 63.3 Å². The third-order valence-electron chi connectivity index (χ3n) is 6.39. The van der Waals surface area contributed by atoms with Crippen molar-refractivity contribution in [1.29, 1.82) is 0 Å². The number of aromatic nitrogens is 3. The van der Waals surface area contributed by atoms with E-state index in [1.807, 2.05) is 0 Å². The molecule has 0 aliphatic heterocycles. The van der Waals surface area contributed by atoms with Gasteiger partial charge in [0, 0.05) is 12.2 Å². The molecule has 26 heavy (non-hydrogen) atoms. The van der Waals surface area contributed by atoms with Crippen LogP contribution in [0.2, 0.25) is 0 Å². The van der Waals surface area contributed by atoms with Crippen LogP contribution in [0.15, 0.2) is 42.9 Å². The first kappa shape index (κ1) is 15.9. The smallest absolute Gasteiger partial charge is 0.145 e. The molecular formula is C22H26N4. The van der Waals surface area contributed by atoms with Gasteiger partial charge >= 0.3 is 0 Å². The molecule has 2 aromatic heterocycles. The molecule has 2 aliphatic rings. The van der Waals surface area contributed by atoms with E-state index >= 15 is 0 Å². The number of nitrogens with one attached hydrogen (secondary N) is 1. The van der Waals surface area contributed by atoms with Gasteiger partial charge in [0.05, 0.1) is 11.4 Å². The minimum absolute atomic E-state index is 0.337. The predicted molar refractivity (Wildman–Crippen MR) is 105 cm³/mol. The standard InChI is InChI=1S/C22H26N4/c1-2-15-13-16-7-3-6-10-18(16)20(15)25-21-19-11-12-26(17-8-4-5-9-17)22(19)24-14-23-21/h3,6-7,10-12,14-15,17,20H,2,4-5,8-9,13H2,1H3,(H,23,24,25)/t15-,20-/m0/s1. The van der Waals surface area contributed by atoms with Crippen LogP contribution in [0.3, 0.4) is 0 Å². The molecule has 0 unspecified atom stereocenters. The monoisotopic (exact) mass is 346 g/mol. The van der Waals surface area contributed by atoms with Gasteiger partial charge in [0.15, 0.2) is 0 Å². The zero-order chi connectivity index (χ0) is 17.5. The quantitative estimate of drug-likeness (QED) is 0.699. The number of rotatable bonds is 4. The highest BCUT2D eigenvalue weighted by atomic mass is 15.1. The summed E-state index contributed by atoms with van der Waals surface area (Å²) in [6.45, 7) is 2.29. The van der Waals surface area contributed by atoms with E-state index in [4.69, 9.17) is 0 Å². The first-order chi connectivity index (χ1) is 12.8. The summed E-state index contributed by atoms with van der Waals surface area (Å²) in [5.41, 5.74) is 3.99. The van der Waals surface area contributed by atoms with Crippen molar-refractivity contribution in [3.63, 3.8) is 0 Å². The fourth-order valence-corrected chi connectivity index (χ4v) is 4.96. The fourth-order valence-electron chi connectivity index (χ4n) is 4.96. The Morgan fingerprint density at radius 2 is 1.96 bits per heavy atom. The summed E-state index contributed by atoms with van der Waals surface area (Å²) in [5.74, 6) is 1.60. The molecule has 1 N–H and O–H groups in total. The third kappa shape index (κ3) is 2.51. The molecule has 0 spiro atoms. The van der Waals surface area contributed by atoms with Crippen LogP contribution < -0.4 is 5.32 Å². The van der Waals surface area contributed by atoms with Crippen LogP contribution in [0.25, 0.3) is 11.0 Å². The highest BCUT2D eigenvalue weighted by Gasteiger charge is 2.31. The average molecular weight is 346 g/mol.